The van der Waals surface area contributed by atoms with Gasteiger partial charge in [-0.15, -0.1) is 0 Å². The highest BCUT2D eigenvalue weighted by Gasteiger charge is 2.22. The van der Waals surface area contributed by atoms with Gasteiger partial charge in [0.15, 0.2) is 0 Å². The number of phenols is 1. The Kier molecular flexibility index (Phi) is 10.5. The molecule has 5 aromatic rings. The van der Waals surface area contributed by atoms with Crippen molar-refractivity contribution in [3.05, 3.63) is 127 Å². The maximum atomic E-state index is 14.4. The van der Waals surface area contributed by atoms with E-state index < -0.39 is 17.4 Å². The molecule has 0 fully saturated rings. The fraction of sp³-hybridized carbons (Fsp3) is 0.250. The Morgan fingerprint density at radius 1 is 1.00 bits per heavy atom. The normalized spacial score (nSPS) is 11.3. The number of anilines is 1. The smallest absolute Gasteiger partial charge is 0.320 e. The zero-order valence-corrected chi connectivity index (χ0v) is 29.1. The molecule has 5 rings (SSSR count). The summed E-state index contributed by atoms with van der Waals surface area (Å²) in [6.07, 6.45) is 0. The molecule has 0 aliphatic rings. The van der Waals surface area contributed by atoms with Gasteiger partial charge in [0.25, 0.3) is 5.56 Å². The molecule has 0 unspecified atom stereocenters. The predicted molar refractivity (Wildman–Crippen MR) is 188 cm³/mol. The van der Waals surface area contributed by atoms with E-state index in [9.17, 15) is 19.1 Å². The van der Waals surface area contributed by atoms with Crippen LogP contribution in [0.2, 0.25) is 10.0 Å². The van der Waals surface area contributed by atoms with E-state index in [1.54, 1.807) is 42.9 Å². The van der Waals surface area contributed by atoms with Crippen LogP contribution in [-0.4, -0.2) is 32.6 Å². The highest BCUT2D eigenvalue weighted by molar-refractivity contribution is 6.32. The summed E-state index contributed by atoms with van der Waals surface area (Å²) in [5.74, 6) is 0.687. The second-order valence-electron chi connectivity index (χ2n) is 12.4. The van der Waals surface area contributed by atoms with Crippen LogP contribution in [0, 0.1) is 12.7 Å². The number of urea groups is 1. The van der Waals surface area contributed by atoms with Crippen molar-refractivity contribution in [1.29, 1.82) is 0 Å². The van der Waals surface area contributed by atoms with Gasteiger partial charge in [-0.05, 0) is 66.1 Å². The molecule has 0 atom stereocenters. The fourth-order valence-electron chi connectivity index (χ4n) is 4.98. The summed E-state index contributed by atoms with van der Waals surface area (Å²) in [7, 11) is 1.59. The van der Waals surface area contributed by atoms with E-state index in [-0.39, 0.29) is 40.1 Å². The summed E-state index contributed by atoms with van der Waals surface area (Å²) in [6, 6.07) is 19.0. The molecule has 13 heteroatoms. The van der Waals surface area contributed by atoms with Crippen molar-refractivity contribution in [1.82, 2.24) is 19.7 Å². The van der Waals surface area contributed by atoms with Gasteiger partial charge in [0, 0.05) is 29.8 Å². The first-order chi connectivity index (χ1) is 23.2. The van der Waals surface area contributed by atoms with Gasteiger partial charge < -0.3 is 24.5 Å². The molecule has 0 bridgehead atoms. The van der Waals surface area contributed by atoms with Crippen molar-refractivity contribution < 1.29 is 23.8 Å². The number of pyridine rings is 1. The van der Waals surface area contributed by atoms with Crippen LogP contribution in [0.5, 0.6) is 17.2 Å². The number of hydrogen-bond acceptors (Lipinski definition) is 6. The molecule has 0 radical (unpaired) electrons. The molecule has 256 valence electrons. The molecule has 49 heavy (non-hydrogen) atoms. The summed E-state index contributed by atoms with van der Waals surface area (Å²) in [4.78, 5) is 26.3. The number of halogens is 3. The summed E-state index contributed by atoms with van der Waals surface area (Å²) in [6.45, 7) is 7.99. The quantitative estimate of drug-likeness (QED) is 0.137. The monoisotopic (exact) mass is 707 g/mol. The lowest BCUT2D eigenvalue weighted by Gasteiger charge is -2.16. The van der Waals surface area contributed by atoms with Crippen molar-refractivity contribution in [2.45, 2.75) is 52.8 Å². The number of carbonyl (C=O) groups is 1. The van der Waals surface area contributed by atoms with Gasteiger partial charge in [0.05, 0.1) is 30.1 Å². The Morgan fingerprint density at radius 2 is 1.73 bits per heavy atom. The number of benzene rings is 3. The van der Waals surface area contributed by atoms with Gasteiger partial charge in [-0.1, -0.05) is 62.2 Å². The number of amides is 2. The van der Waals surface area contributed by atoms with Crippen molar-refractivity contribution in [2.24, 2.45) is 0 Å². The first-order valence-corrected chi connectivity index (χ1v) is 16.1. The van der Waals surface area contributed by atoms with E-state index in [0.717, 1.165) is 5.56 Å². The molecule has 3 aromatic carbocycles. The zero-order valence-electron chi connectivity index (χ0n) is 27.6. The standard InChI is InChI=1S/C36H36Cl2FN5O5/c1-21-14-30(33(38)34(46)43(21)19-22-6-11-27(48-5)12-7-22)49-20-23-8-9-25(39)15-24(23)18-40-35(47)41-32-17-31(36(2,3)4)42-44(32)26-10-13-29(45)28(37)16-26/h6-17,45H,18-20H2,1-5H3,(H2,40,41,47). The average molecular weight is 709 g/mol. The molecule has 2 amide bonds. The minimum Gasteiger partial charge on any atom is -0.506 e. The second-order valence-corrected chi connectivity index (χ2v) is 13.2. The Bertz CT molecular complexity index is 2060. The lowest BCUT2D eigenvalue weighted by atomic mass is 9.92. The average Bonchev–Trinajstić information content (AvgIpc) is 3.49. The molecular formula is C36H36Cl2FN5O5. The van der Waals surface area contributed by atoms with Crippen LogP contribution in [0.3, 0.4) is 0 Å². The minimum absolute atomic E-state index is 0.0379. The van der Waals surface area contributed by atoms with E-state index in [1.807, 2.05) is 45.0 Å². The van der Waals surface area contributed by atoms with E-state index in [1.165, 1.54) is 28.9 Å². The number of phenolic OH excluding ortho intramolecular Hbond substituents is 1. The molecule has 0 aliphatic carbocycles. The Hall–Kier alpha value is -5.00. The molecular weight excluding hydrogens is 672 g/mol. The Morgan fingerprint density at radius 3 is 2.41 bits per heavy atom. The fourth-order valence-corrected chi connectivity index (χ4v) is 5.37. The SMILES string of the molecule is COc1ccc(Cn2c(C)cc(OCc3ccc(F)cc3CNC(=O)Nc3cc(C(C)(C)C)nn3-c3ccc(O)c(Cl)c3)c(Cl)c2=O)cc1. The molecule has 3 N–H and O–H groups in total. The van der Waals surface area contributed by atoms with E-state index in [0.29, 0.717) is 46.3 Å². The number of methoxy groups -OCH3 is 1. The third-order valence-electron chi connectivity index (χ3n) is 7.80. The van der Waals surface area contributed by atoms with Gasteiger partial charge in [0.2, 0.25) is 0 Å². The van der Waals surface area contributed by atoms with Crippen LogP contribution < -0.4 is 25.7 Å². The molecule has 10 nitrogen and oxygen atoms in total. The van der Waals surface area contributed by atoms with Crippen LogP contribution in [0.15, 0.2) is 77.6 Å². The van der Waals surface area contributed by atoms with Crippen molar-refractivity contribution in [3.63, 3.8) is 0 Å². The number of aryl methyl sites for hydroxylation is 1. The molecule has 2 aromatic heterocycles. The van der Waals surface area contributed by atoms with Crippen LogP contribution in [-0.2, 0) is 25.1 Å². The topological polar surface area (TPSA) is 120 Å². The number of nitrogens with zero attached hydrogens (tertiary/aromatic N) is 3. The number of nitrogens with one attached hydrogen (secondary N) is 2. The van der Waals surface area contributed by atoms with Gasteiger partial charge in [-0.25, -0.2) is 13.9 Å². The van der Waals surface area contributed by atoms with Gasteiger partial charge in [0.1, 0.15) is 40.5 Å². The number of aromatic nitrogens is 3. The third kappa shape index (κ3) is 8.36. The second kappa shape index (κ2) is 14.6. The van der Waals surface area contributed by atoms with E-state index in [4.69, 9.17) is 32.7 Å². The number of aromatic hydroxyl groups is 1. The number of carbonyl (C=O) groups excluding carboxylic acids is 1. The number of ether oxygens (including phenoxy) is 2. The number of hydrogen-bond donors (Lipinski definition) is 3. The third-order valence-corrected chi connectivity index (χ3v) is 8.45. The van der Waals surface area contributed by atoms with Crippen LogP contribution in [0.25, 0.3) is 5.69 Å². The van der Waals surface area contributed by atoms with Crippen molar-refractivity contribution in [3.8, 4) is 22.9 Å². The van der Waals surface area contributed by atoms with Gasteiger partial charge in [-0.3, -0.25) is 10.1 Å². The van der Waals surface area contributed by atoms with Gasteiger partial charge >= 0.3 is 6.03 Å². The van der Waals surface area contributed by atoms with Crippen molar-refractivity contribution in [2.75, 3.05) is 12.4 Å². The first kappa shape index (κ1) is 35.3. The summed E-state index contributed by atoms with van der Waals surface area (Å²) in [5.41, 5.74) is 3.07. The molecule has 0 aliphatic heterocycles. The summed E-state index contributed by atoms with van der Waals surface area (Å²) < 4.78 is 28.6. The van der Waals surface area contributed by atoms with E-state index in [2.05, 4.69) is 15.7 Å². The summed E-state index contributed by atoms with van der Waals surface area (Å²) >= 11 is 12.6. The minimum atomic E-state index is -0.568. The highest BCUT2D eigenvalue weighted by atomic mass is 35.5. The first-order valence-electron chi connectivity index (χ1n) is 15.3. The molecule has 2 heterocycles. The zero-order chi connectivity index (χ0) is 35.5. The van der Waals surface area contributed by atoms with Crippen molar-refractivity contribution >= 4 is 35.1 Å². The highest BCUT2D eigenvalue weighted by Crippen LogP contribution is 2.30. The molecule has 0 saturated carbocycles. The lowest BCUT2D eigenvalue weighted by molar-refractivity contribution is 0.251. The summed E-state index contributed by atoms with van der Waals surface area (Å²) in [5, 5.41) is 20.1. The largest absolute Gasteiger partial charge is 0.506 e. The Balaban J connectivity index is 1.29. The van der Waals surface area contributed by atoms with Crippen LogP contribution >= 0.6 is 23.2 Å². The van der Waals surface area contributed by atoms with Crippen LogP contribution in [0.1, 0.15) is 48.8 Å². The maximum Gasteiger partial charge on any atom is 0.320 e. The lowest BCUT2D eigenvalue weighted by Crippen LogP contribution is -2.29. The molecule has 0 spiro atoms. The van der Waals surface area contributed by atoms with E-state index >= 15 is 0 Å². The van der Waals surface area contributed by atoms with Crippen LogP contribution in [0.4, 0.5) is 15.0 Å². The van der Waals surface area contributed by atoms with Gasteiger partial charge in [-0.2, -0.15) is 5.10 Å². The number of rotatable bonds is 10. The maximum absolute atomic E-state index is 14.4. The molecule has 0 saturated heterocycles. The predicted octanol–water partition coefficient (Wildman–Crippen LogP) is 7.75. The Labute approximate surface area is 293 Å².